The Bertz CT molecular complexity index is 257. The number of nitrogens with zero attached hydrogens (tertiary/aromatic N) is 1. The molecule has 3 nitrogen and oxygen atoms in total. The van der Waals surface area contributed by atoms with Crippen molar-refractivity contribution in [1.82, 2.24) is 5.32 Å². The number of nitriles is 1. The van der Waals surface area contributed by atoms with Crippen LogP contribution in [0.4, 0.5) is 0 Å². The van der Waals surface area contributed by atoms with Crippen molar-refractivity contribution < 1.29 is 4.74 Å². The highest BCUT2D eigenvalue weighted by atomic mass is 16.5. The van der Waals surface area contributed by atoms with Gasteiger partial charge in [0, 0.05) is 25.7 Å². The summed E-state index contributed by atoms with van der Waals surface area (Å²) in [6.07, 6.45) is 5.63. The Morgan fingerprint density at radius 2 is 2.24 bits per heavy atom. The molecule has 1 fully saturated rings. The van der Waals surface area contributed by atoms with Gasteiger partial charge in [-0.3, -0.25) is 5.32 Å². The van der Waals surface area contributed by atoms with Crippen LogP contribution in [0.1, 0.15) is 52.9 Å². The Labute approximate surface area is 106 Å². The summed E-state index contributed by atoms with van der Waals surface area (Å²) in [6, 6.07) is 2.94. The molecule has 1 aliphatic rings. The first-order valence-corrected chi connectivity index (χ1v) is 6.86. The first kappa shape index (κ1) is 14.5. The third-order valence-corrected chi connectivity index (χ3v) is 3.28. The maximum atomic E-state index is 9.19. The molecule has 1 aliphatic carbocycles. The van der Waals surface area contributed by atoms with Gasteiger partial charge in [0.2, 0.25) is 0 Å². The summed E-state index contributed by atoms with van der Waals surface area (Å²) < 4.78 is 5.66. The van der Waals surface area contributed by atoms with Crippen molar-refractivity contribution in [2.24, 2.45) is 5.92 Å². The van der Waals surface area contributed by atoms with Gasteiger partial charge in [-0.1, -0.05) is 20.3 Å². The van der Waals surface area contributed by atoms with E-state index in [4.69, 9.17) is 4.74 Å². The number of nitrogens with one attached hydrogen (secondary N) is 1. The summed E-state index contributed by atoms with van der Waals surface area (Å²) in [5.41, 5.74) is -0.408. The molecule has 0 radical (unpaired) electrons. The van der Waals surface area contributed by atoms with E-state index < -0.39 is 5.54 Å². The molecule has 17 heavy (non-hydrogen) atoms. The minimum Gasteiger partial charge on any atom is -0.381 e. The largest absolute Gasteiger partial charge is 0.381 e. The lowest BCUT2D eigenvalue weighted by Gasteiger charge is -2.23. The minimum absolute atomic E-state index is 0.408. The molecule has 0 amide bonds. The molecule has 0 heterocycles. The van der Waals surface area contributed by atoms with Gasteiger partial charge in [-0.05, 0) is 32.1 Å². The van der Waals surface area contributed by atoms with Gasteiger partial charge in [0.05, 0.1) is 6.07 Å². The highest BCUT2D eigenvalue weighted by Gasteiger charge is 2.32. The summed E-state index contributed by atoms with van der Waals surface area (Å²) >= 11 is 0. The Morgan fingerprint density at radius 1 is 1.53 bits per heavy atom. The molecule has 98 valence electrons. The van der Waals surface area contributed by atoms with Gasteiger partial charge in [0.1, 0.15) is 5.54 Å². The van der Waals surface area contributed by atoms with E-state index >= 15 is 0 Å². The molecular formula is C14H26N2O. The highest BCUT2D eigenvalue weighted by molar-refractivity contribution is 5.06. The Kier molecular flexibility index (Phi) is 5.94. The first-order valence-electron chi connectivity index (χ1n) is 6.86. The van der Waals surface area contributed by atoms with Crippen molar-refractivity contribution in [2.45, 2.75) is 64.5 Å². The predicted octanol–water partition coefficient (Wildman–Crippen LogP) is 2.86. The lowest BCUT2D eigenvalue weighted by atomic mass is 10.0. The van der Waals surface area contributed by atoms with Crippen LogP contribution in [-0.4, -0.2) is 24.8 Å². The van der Waals surface area contributed by atoms with Gasteiger partial charge in [0.15, 0.2) is 0 Å². The number of hydrogen-bond acceptors (Lipinski definition) is 3. The van der Waals surface area contributed by atoms with Crippen molar-refractivity contribution in [3.63, 3.8) is 0 Å². The van der Waals surface area contributed by atoms with Gasteiger partial charge in [-0.15, -0.1) is 0 Å². The summed E-state index contributed by atoms with van der Waals surface area (Å²) in [6.45, 7) is 7.89. The van der Waals surface area contributed by atoms with Gasteiger partial charge in [-0.25, -0.2) is 0 Å². The summed E-state index contributed by atoms with van der Waals surface area (Å²) in [4.78, 5) is 0. The second-order valence-corrected chi connectivity index (χ2v) is 5.58. The Hall–Kier alpha value is -0.590. The van der Waals surface area contributed by atoms with Crippen LogP contribution in [0, 0.1) is 17.2 Å². The van der Waals surface area contributed by atoms with E-state index in [9.17, 15) is 5.26 Å². The quantitative estimate of drug-likeness (QED) is 0.628. The smallest absolute Gasteiger partial charge is 0.106 e. The molecule has 1 saturated carbocycles. The molecule has 1 N–H and O–H groups in total. The third kappa shape index (κ3) is 6.05. The molecule has 3 heteroatoms. The van der Waals surface area contributed by atoms with Crippen LogP contribution in [0.5, 0.6) is 0 Å². The molecule has 0 spiro atoms. The molecule has 0 aromatic rings. The maximum Gasteiger partial charge on any atom is 0.106 e. The lowest BCUT2D eigenvalue weighted by Crippen LogP contribution is -2.43. The van der Waals surface area contributed by atoms with E-state index in [1.807, 2.05) is 6.92 Å². The van der Waals surface area contributed by atoms with Crippen molar-refractivity contribution in [3.05, 3.63) is 0 Å². The van der Waals surface area contributed by atoms with Crippen molar-refractivity contribution in [2.75, 3.05) is 13.2 Å². The second kappa shape index (κ2) is 6.98. The zero-order valence-corrected chi connectivity index (χ0v) is 11.5. The van der Waals surface area contributed by atoms with E-state index in [1.165, 1.54) is 25.7 Å². The number of rotatable bonds is 9. The van der Waals surface area contributed by atoms with Crippen LogP contribution in [-0.2, 0) is 4.74 Å². The van der Waals surface area contributed by atoms with Gasteiger partial charge < -0.3 is 4.74 Å². The fourth-order valence-corrected chi connectivity index (χ4v) is 1.98. The molecule has 0 bridgehead atoms. The lowest BCUT2D eigenvalue weighted by molar-refractivity contribution is 0.0892. The van der Waals surface area contributed by atoms with Crippen LogP contribution in [0.3, 0.4) is 0 Å². The van der Waals surface area contributed by atoms with E-state index in [1.54, 1.807) is 0 Å². The topological polar surface area (TPSA) is 45.0 Å². The SMILES string of the molecule is CCCC(C)COCCC(C)(C#N)NC1CC1. The monoisotopic (exact) mass is 238 g/mol. The highest BCUT2D eigenvalue weighted by Crippen LogP contribution is 2.23. The predicted molar refractivity (Wildman–Crippen MR) is 69.7 cm³/mol. The third-order valence-electron chi connectivity index (χ3n) is 3.28. The molecule has 0 aliphatic heterocycles. The van der Waals surface area contributed by atoms with E-state index in [-0.39, 0.29) is 0 Å². The van der Waals surface area contributed by atoms with Crippen LogP contribution in [0.15, 0.2) is 0 Å². The fourth-order valence-electron chi connectivity index (χ4n) is 1.98. The average molecular weight is 238 g/mol. The molecular weight excluding hydrogens is 212 g/mol. The molecule has 0 saturated heterocycles. The summed E-state index contributed by atoms with van der Waals surface area (Å²) in [5, 5.41) is 12.6. The number of ether oxygens (including phenoxy) is 1. The second-order valence-electron chi connectivity index (χ2n) is 5.58. The first-order chi connectivity index (χ1) is 8.09. The van der Waals surface area contributed by atoms with Crippen LogP contribution >= 0.6 is 0 Å². The van der Waals surface area contributed by atoms with E-state index in [2.05, 4.69) is 25.2 Å². The van der Waals surface area contributed by atoms with E-state index in [0.717, 1.165) is 13.0 Å². The zero-order valence-electron chi connectivity index (χ0n) is 11.5. The minimum atomic E-state index is -0.408. The van der Waals surface area contributed by atoms with Crippen LogP contribution in [0.2, 0.25) is 0 Å². The van der Waals surface area contributed by atoms with Crippen LogP contribution in [0.25, 0.3) is 0 Å². The molecule has 2 unspecified atom stereocenters. The average Bonchev–Trinajstić information content (AvgIpc) is 3.09. The van der Waals surface area contributed by atoms with Crippen LogP contribution < -0.4 is 5.32 Å². The maximum absolute atomic E-state index is 9.19. The summed E-state index contributed by atoms with van der Waals surface area (Å²) in [5.74, 6) is 0.629. The van der Waals surface area contributed by atoms with Crippen molar-refractivity contribution in [1.29, 1.82) is 5.26 Å². The summed E-state index contributed by atoms with van der Waals surface area (Å²) in [7, 11) is 0. The van der Waals surface area contributed by atoms with Crippen molar-refractivity contribution >= 4 is 0 Å². The van der Waals surface area contributed by atoms with Gasteiger partial charge in [0.25, 0.3) is 0 Å². The Balaban J connectivity index is 2.12. The molecule has 1 rings (SSSR count). The van der Waals surface area contributed by atoms with Crippen molar-refractivity contribution in [3.8, 4) is 6.07 Å². The normalized spacial score (nSPS) is 20.6. The molecule has 0 aromatic carbocycles. The van der Waals surface area contributed by atoms with Gasteiger partial charge in [-0.2, -0.15) is 5.26 Å². The molecule has 0 aromatic heterocycles. The fraction of sp³-hybridized carbons (Fsp3) is 0.929. The standard InChI is InChI=1S/C14H26N2O/c1-4-5-12(2)10-17-9-8-14(3,11-15)16-13-6-7-13/h12-13,16H,4-10H2,1-3H3. The van der Waals surface area contributed by atoms with Gasteiger partial charge >= 0.3 is 0 Å². The van der Waals surface area contributed by atoms with E-state index in [0.29, 0.717) is 18.6 Å². The zero-order chi connectivity index (χ0) is 12.7. The molecule has 2 atom stereocenters. The Morgan fingerprint density at radius 3 is 2.76 bits per heavy atom. The number of hydrogen-bond donors (Lipinski definition) is 1.